The zero-order valence-electron chi connectivity index (χ0n) is 12.9. The molecule has 0 bridgehead atoms. The van der Waals surface area contributed by atoms with E-state index in [0.717, 1.165) is 0 Å². The summed E-state index contributed by atoms with van der Waals surface area (Å²) < 4.78 is 32.9. The Bertz CT molecular complexity index is 982. The van der Waals surface area contributed by atoms with Gasteiger partial charge >= 0.3 is 5.97 Å². The number of anilines is 1. The minimum atomic E-state index is -3.88. The molecule has 0 radical (unpaired) electrons. The number of sulfonamides is 1. The maximum Gasteiger partial charge on any atom is 0.312 e. The highest BCUT2D eigenvalue weighted by Crippen LogP contribution is 2.30. The maximum atomic E-state index is 12.5. The van der Waals surface area contributed by atoms with Crippen molar-refractivity contribution in [2.24, 2.45) is 0 Å². The van der Waals surface area contributed by atoms with Crippen molar-refractivity contribution in [2.45, 2.75) is 11.3 Å². The molecule has 2 N–H and O–H groups in total. The van der Waals surface area contributed by atoms with Crippen LogP contribution in [0.2, 0.25) is 0 Å². The molecule has 3 rings (SSSR count). The standard InChI is InChI=1S/C17H14N2O5S/c20-15(21)11-14-18-17(16(24-14)12-7-3-1-4-8-12)19-25(22,23)13-9-5-2-6-10-13/h1-10,19H,11H2,(H,20,21). The lowest BCUT2D eigenvalue weighted by atomic mass is 10.2. The molecule has 3 aromatic rings. The van der Waals surface area contributed by atoms with Crippen molar-refractivity contribution in [2.75, 3.05) is 4.72 Å². The van der Waals surface area contributed by atoms with Crippen LogP contribution in [0.25, 0.3) is 11.3 Å². The second kappa shape index (κ2) is 6.78. The molecule has 0 unspecified atom stereocenters. The molecule has 1 aromatic heterocycles. The van der Waals surface area contributed by atoms with E-state index in [4.69, 9.17) is 9.52 Å². The number of aliphatic carboxylic acids is 1. The first-order valence-corrected chi connectivity index (χ1v) is 8.79. The molecule has 128 valence electrons. The molecule has 0 spiro atoms. The summed E-state index contributed by atoms with van der Waals surface area (Å²) in [6, 6.07) is 16.5. The molecule has 0 fully saturated rings. The van der Waals surface area contributed by atoms with Gasteiger partial charge in [-0.1, -0.05) is 48.5 Å². The quantitative estimate of drug-likeness (QED) is 0.701. The minimum Gasteiger partial charge on any atom is -0.481 e. The first-order chi connectivity index (χ1) is 12.0. The summed E-state index contributed by atoms with van der Waals surface area (Å²) in [5, 5.41) is 8.91. The lowest BCUT2D eigenvalue weighted by molar-refractivity contribution is -0.136. The molecule has 0 aliphatic carbocycles. The van der Waals surface area contributed by atoms with Gasteiger partial charge in [-0.2, -0.15) is 4.98 Å². The number of carboxylic acids is 1. The zero-order valence-corrected chi connectivity index (χ0v) is 13.7. The van der Waals surface area contributed by atoms with E-state index < -0.39 is 22.4 Å². The normalized spacial score (nSPS) is 11.2. The van der Waals surface area contributed by atoms with Gasteiger partial charge in [-0.15, -0.1) is 0 Å². The second-order valence-electron chi connectivity index (χ2n) is 5.14. The van der Waals surface area contributed by atoms with Crippen LogP contribution in [0.3, 0.4) is 0 Å². The highest BCUT2D eigenvalue weighted by atomic mass is 32.2. The van der Waals surface area contributed by atoms with E-state index in [1.54, 1.807) is 48.5 Å². The van der Waals surface area contributed by atoms with E-state index in [1.165, 1.54) is 12.1 Å². The number of aromatic nitrogens is 1. The van der Waals surface area contributed by atoms with E-state index in [2.05, 4.69) is 9.71 Å². The van der Waals surface area contributed by atoms with Crippen LogP contribution < -0.4 is 4.72 Å². The fraction of sp³-hybridized carbons (Fsp3) is 0.0588. The molecule has 25 heavy (non-hydrogen) atoms. The Labute approximate surface area is 144 Å². The molecule has 8 heteroatoms. The van der Waals surface area contributed by atoms with Gasteiger partial charge in [-0.25, -0.2) is 8.42 Å². The molecule has 2 aromatic carbocycles. The number of carboxylic acid groups (broad SMARTS) is 1. The smallest absolute Gasteiger partial charge is 0.312 e. The average Bonchev–Trinajstić information content (AvgIpc) is 2.97. The summed E-state index contributed by atoms with van der Waals surface area (Å²) in [5.74, 6) is -1.10. The summed E-state index contributed by atoms with van der Waals surface area (Å²) in [5.41, 5.74) is 0.581. The van der Waals surface area contributed by atoms with E-state index in [1.807, 2.05) is 0 Å². The second-order valence-corrected chi connectivity index (χ2v) is 6.82. The number of carbonyl (C=O) groups is 1. The van der Waals surface area contributed by atoms with Gasteiger partial charge in [-0.05, 0) is 12.1 Å². The Morgan fingerprint density at radius 1 is 1.04 bits per heavy atom. The number of oxazole rings is 1. The molecule has 0 saturated carbocycles. The molecule has 1 heterocycles. The lowest BCUT2D eigenvalue weighted by Crippen LogP contribution is -2.13. The van der Waals surface area contributed by atoms with E-state index in [9.17, 15) is 13.2 Å². The summed E-state index contributed by atoms with van der Waals surface area (Å²) in [7, 11) is -3.88. The molecule has 0 aliphatic rings. The third kappa shape index (κ3) is 3.86. The van der Waals surface area contributed by atoms with Crippen molar-refractivity contribution in [3.05, 3.63) is 66.6 Å². The zero-order chi connectivity index (χ0) is 17.9. The van der Waals surface area contributed by atoms with Crippen molar-refractivity contribution in [1.82, 2.24) is 4.98 Å². The summed E-state index contributed by atoms with van der Waals surface area (Å²) in [6.07, 6.45) is -0.451. The van der Waals surface area contributed by atoms with Gasteiger partial charge in [0.15, 0.2) is 11.6 Å². The largest absolute Gasteiger partial charge is 0.481 e. The number of nitrogens with one attached hydrogen (secondary N) is 1. The van der Waals surface area contributed by atoms with E-state index >= 15 is 0 Å². The SMILES string of the molecule is O=C(O)Cc1nc(NS(=O)(=O)c2ccccc2)c(-c2ccccc2)o1. The molecular formula is C17H14N2O5S. The fourth-order valence-corrected chi connectivity index (χ4v) is 3.24. The molecule has 0 atom stereocenters. The molecule has 0 saturated heterocycles. The monoisotopic (exact) mass is 358 g/mol. The Balaban J connectivity index is 2.02. The Hall–Kier alpha value is -3.13. The molecular weight excluding hydrogens is 344 g/mol. The van der Waals surface area contributed by atoms with Gasteiger partial charge in [0.25, 0.3) is 10.0 Å². The minimum absolute atomic E-state index is 0.0497. The van der Waals surface area contributed by atoms with Crippen LogP contribution in [0.5, 0.6) is 0 Å². The molecule has 7 nitrogen and oxygen atoms in total. The fourth-order valence-electron chi connectivity index (χ4n) is 2.21. The number of hydrogen-bond donors (Lipinski definition) is 2. The number of nitrogens with zero attached hydrogens (tertiary/aromatic N) is 1. The highest BCUT2D eigenvalue weighted by Gasteiger charge is 2.22. The van der Waals surface area contributed by atoms with Crippen LogP contribution >= 0.6 is 0 Å². The lowest BCUT2D eigenvalue weighted by Gasteiger charge is -2.06. The van der Waals surface area contributed by atoms with Crippen molar-refractivity contribution < 1.29 is 22.7 Å². The van der Waals surface area contributed by atoms with Crippen molar-refractivity contribution in [3.63, 3.8) is 0 Å². The maximum absolute atomic E-state index is 12.5. The first kappa shape index (κ1) is 16.7. The Morgan fingerprint density at radius 3 is 2.24 bits per heavy atom. The van der Waals surface area contributed by atoms with Crippen LogP contribution in [-0.4, -0.2) is 24.5 Å². The summed E-state index contributed by atoms with van der Waals surface area (Å²) in [4.78, 5) is 15.0. The number of rotatable bonds is 6. The van der Waals surface area contributed by atoms with Crippen molar-refractivity contribution >= 4 is 21.8 Å². The van der Waals surface area contributed by atoms with Crippen LogP contribution in [0, 0.1) is 0 Å². The van der Waals surface area contributed by atoms with Gasteiger partial charge in [-0.3, -0.25) is 9.52 Å². The summed E-state index contributed by atoms with van der Waals surface area (Å²) >= 11 is 0. The van der Waals surface area contributed by atoms with Crippen molar-refractivity contribution in [3.8, 4) is 11.3 Å². The highest BCUT2D eigenvalue weighted by molar-refractivity contribution is 7.92. The van der Waals surface area contributed by atoms with Crippen molar-refractivity contribution in [1.29, 1.82) is 0 Å². The number of hydrogen-bond acceptors (Lipinski definition) is 5. The van der Waals surface area contributed by atoms with Gasteiger partial charge in [0.2, 0.25) is 5.89 Å². The Morgan fingerprint density at radius 2 is 1.64 bits per heavy atom. The topological polar surface area (TPSA) is 109 Å². The predicted octanol–water partition coefficient (Wildman–Crippen LogP) is 2.77. The van der Waals surface area contributed by atoms with E-state index in [-0.39, 0.29) is 22.4 Å². The van der Waals surface area contributed by atoms with Gasteiger partial charge in [0, 0.05) is 5.56 Å². The first-order valence-electron chi connectivity index (χ1n) is 7.30. The van der Waals surface area contributed by atoms with Gasteiger partial charge in [0.05, 0.1) is 4.90 Å². The van der Waals surface area contributed by atoms with E-state index in [0.29, 0.717) is 5.56 Å². The average molecular weight is 358 g/mol. The third-order valence-electron chi connectivity index (χ3n) is 3.29. The van der Waals surface area contributed by atoms with Gasteiger partial charge < -0.3 is 9.52 Å². The Kier molecular flexibility index (Phi) is 4.53. The number of benzene rings is 2. The molecule has 0 aliphatic heterocycles. The van der Waals surface area contributed by atoms with Crippen LogP contribution in [-0.2, 0) is 21.2 Å². The van der Waals surface area contributed by atoms with Crippen LogP contribution in [0.4, 0.5) is 5.82 Å². The van der Waals surface area contributed by atoms with Crippen LogP contribution in [0.15, 0.2) is 70.0 Å². The van der Waals surface area contributed by atoms with Gasteiger partial charge in [0.1, 0.15) is 6.42 Å². The van der Waals surface area contributed by atoms with Crippen LogP contribution in [0.1, 0.15) is 5.89 Å². The predicted molar refractivity (Wildman–Crippen MR) is 90.5 cm³/mol. The summed E-state index contributed by atoms with van der Waals surface area (Å²) in [6.45, 7) is 0. The third-order valence-corrected chi connectivity index (χ3v) is 4.65. The molecule has 0 amide bonds.